The first kappa shape index (κ1) is 30.9. The normalized spacial score (nSPS) is 10.9. The molecule has 4 aromatic rings. The van der Waals surface area contributed by atoms with Gasteiger partial charge in [0.15, 0.2) is 0 Å². The molecule has 4 heteroatoms. The van der Waals surface area contributed by atoms with Crippen molar-refractivity contribution in [2.45, 2.75) is 79.3 Å². The van der Waals surface area contributed by atoms with E-state index >= 15 is 0 Å². The van der Waals surface area contributed by atoms with Crippen molar-refractivity contribution in [2.75, 3.05) is 16.8 Å². The maximum absolute atomic E-state index is 13.4. The Bertz CT molecular complexity index is 1360. The van der Waals surface area contributed by atoms with Crippen molar-refractivity contribution >= 4 is 17.3 Å². The molecule has 0 spiro atoms. The van der Waals surface area contributed by atoms with Crippen molar-refractivity contribution < 1.29 is 9.53 Å². The van der Waals surface area contributed by atoms with E-state index in [2.05, 4.69) is 91.7 Å². The zero-order chi connectivity index (χ0) is 29.7. The topological polar surface area (TPSA) is 41.6 Å². The van der Waals surface area contributed by atoms with Crippen LogP contribution in [0.5, 0.6) is 5.75 Å². The fraction of sp³-hybridized carbons (Fsp3) is 0.342. The van der Waals surface area contributed by atoms with E-state index in [-0.39, 0.29) is 5.91 Å². The Kier molecular flexibility index (Phi) is 11.6. The number of carbonyl (C=O) groups excluding carboxylic acids is 1. The van der Waals surface area contributed by atoms with E-state index < -0.39 is 0 Å². The zero-order valence-corrected chi connectivity index (χ0v) is 25.8. The van der Waals surface area contributed by atoms with Crippen LogP contribution in [0.1, 0.15) is 84.6 Å². The van der Waals surface area contributed by atoms with Crippen molar-refractivity contribution in [1.82, 2.24) is 0 Å². The van der Waals surface area contributed by atoms with Crippen molar-refractivity contribution in [2.24, 2.45) is 0 Å². The minimum Gasteiger partial charge on any atom is -0.491 e. The number of nitrogens with zero attached hydrogens (tertiary/aromatic N) is 1. The number of unbranched alkanes of at least 4 members (excludes halogenated alkanes) is 1. The Balaban J connectivity index is 1.55. The molecule has 1 N–H and O–H groups in total. The smallest absolute Gasteiger partial charge is 0.256 e. The summed E-state index contributed by atoms with van der Waals surface area (Å²) in [6.45, 7) is 10.8. The first-order valence-corrected chi connectivity index (χ1v) is 15.5. The number of hydrogen-bond donors (Lipinski definition) is 1. The molecule has 4 aromatic carbocycles. The quantitative estimate of drug-likeness (QED) is 0.147. The number of nitrogens with one attached hydrogen (secondary N) is 1. The third-order valence-corrected chi connectivity index (χ3v) is 7.58. The van der Waals surface area contributed by atoms with E-state index in [0.29, 0.717) is 23.6 Å². The molecule has 0 unspecified atom stereocenters. The maximum atomic E-state index is 13.4. The van der Waals surface area contributed by atoms with Crippen LogP contribution in [0.3, 0.4) is 0 Å². The summed E-state index contributed by atoms with van der Waals surface area (Å²) in [6, 6.07) is 31.8. The van der Waals surface area contributed by atoms with Gasteiger partial charge in [0.05, 0.1) is 12.3 Å². The lowest BCUT2D eigenvalue weighted by atomic mass is 10.0. The van der Waals surface area contributed by atoms with E-state index in [9.17, 15) is 4.79 Å². The predicted molar refractivity (Wildman–Crippen MR) is 177 cm³/mol. The molecule has 0 saturated heterocycles. The van der Waals surface area contributed by atoms with Gasteiger partial charge in [0.2, 0.25) is 0 Å². The zero-order valence-electron chi connectivity index (χ0n) is 25.8. The number of ether oxygens (including phenoxy) is 1. The summed E-state index contributed by atoms with van der Waals surface area (Å²) in [7, 11) is 0. The molecule has 1 amide bonds. The molecule has 0 aromatic heterocycles. The van der Waals surface area contributed by atoms with Gasteiger partial charge in [0, 0.05) is 24.3 Å². The van der Waals surface area contributed by atoms with Crippen LogP contribution in [0.4, 0.5) is 11.4 Å². The van der Waals surface area contributed by atoms with Gasteiger partial charge < -0.3 is 15.0 Å². The summed E-state index contributed by atoms with van der Waals surface area (Å²) < 4.78 is 5.93. The molecular weight excluding hydrogens is 516 g/mol. The second kappa shape index (κ2) is 15.8. The lowest BCUT2D eigenvalue weighted by Gasteiger charge is -2.26. The van der Waals surface area contributed by atoms with Crippen molar-refractivity contribution in [3.63, 3.8) is 0 Å². The summed E-state index contributed by atoms with van der Waals surface area (Å²) in [4.78, 5) is 15.8. The SMILES string of the molecule is CCCCOc1ccccc1NC(=O)c1ccc(N(Cc2ccc(CCC)cc2)Cc2ccc(CCC)cc2)cc1C. The minimum atomic E-state index is -0.129. The van der Waals surface area contributed by atoms with Gasteiger partial charge in [-0.15, -0.1) is 0 Å². The molecule has 0 bridgehead atoms. The fourth-order valence-corrected chi connectivity index (χ4v) is 5.19. The fourth-order valence-electron chi connectivity index (χ4n) is 5.19. The van der Waals surface area contributed by atoms with Crippen LogP contribution in [0.25, 0.3) is 0 Å². The highest BCUT2D eigenvalue weighted by molar-refractivity contribution is 6.06. The number of carbonyl (C=O) groups is 1. The van der Waals surface area contributed by atoms with E-state index in [1.54, 1.807) is 0 Å². The third kappa shape index (κ3) is 8.72. The summed E-state index contributed by atoms with van der Waals surface area (Å²) in [5.41, 5.74) is 8.70. The summed E-state index contributed by atoms with van der Waals surface area (Å²) in [5, 5.41) is 3.08. The van der Waals surface area contributed by atoms with E-state index in [0.717, 1.165) is 62.9 Å². The minimum absolute atomic E-state index is 0.129. The lowest BCUT2D eigenvalue weighted by molar-refractivity contribution is 0.102. The molecule has 0 radical (unpaired) electrons. The number of para-hydroxylation sites is 2. The van der Waals surface area contributed by atoms with Gasteiger partial charge in [-0.2, -0.15) is 0 Å². The van der Waals surface area contributed by atoms with E-state index in [1.165, 1.54) is 22.3 Å². The molecule has 220 valence electrons. The molecular formula is C38H46N2O2. The van der Waals surface area contributed by atoms with E-state index in [4.69, 9.17) is 4.74 Å². The largest absolute Gasteiger partial charge is 0.491 e. The summed E-state index contributed by atoms with van der Waals surface area (Å²) in [5.74, 6) is 0.574. The Labute approximate surface area is 252 Å². The number of hydrogen-bond acceptors (Lipinski definition) is 3. The van der Waals surface area contributed by atoms with Crippen molar-refractivity contribution in [3.05, 3.63) is 124 Å². The van der Waals surface area contributed by atoms with Crippen molar-refractivity contribution in [3.8, 4) is 5.75 Å². The molecule has 0 fully saturated rings. The van der Waals surface area contributed by atoms with Crippen LogP contribution in [-0.4, -0.2) is 12.5 Å². The van der Waals surface area contributed by atoms with Gasteiger partial charge in [0.25, 0.3) is 5.91 Å². The van der Waals surface area contributed by atoms with Gasteiger partial charge in [-0.25, -0.2) is 0 Å². The van der Waals surface area contributed by atoms with Gasteiger partial charge in [-0.3, -0.25) is 4.79 Å². The standard InChI is InChI=1S/C38H46N2O2/c1-5-8-25-42-37-14-10-9-13-36(37)39-38(41)35-24-23-34(26-29(35)4)40(27-32-19-15-30(11-6-2)16-20-32)28-33-21-17-31(12-7-3)18-22-33/h9-10,13-24,26H,5-8,11-12,25,27-28H2,1-4H3,(H,39,41). The second-order valence-corrected chi connectivity index (χ2v) is 11.1. The maximum Gasteiger partial charge on any atom is 0.256 e. The van der Waals surface area contributed by atoms with Gasteiger partial charge >= 0.3 is 0 Å². The highest BCUT2D eigenvalue weighted by Gasteiger charge is 2.16. The van der Waals surface area contributed by atoms with Crippen LogP contribution >= 0.6 is 0 Å². The molecule has 0 aliphatic rings. The molecule has 4 nitrogen and oxygen atoms in total. The predicted octanol–water partition coefficient (Wildman–Crippen LogP) is 9.54. The Morgan fingerprint density at radius 1 is 0.714 bits per heavy atom. The molecule has 0 saturated carbocycles. The molecule has 0 atom stereocenters. The second-order valence-electron chi connectivity index (χ2n) is 11.1. The third-order valence-electron chi connectivity index (χ3n) is 7.58. The molecule has 0 heterocycles. The molecule has 42 heavy (non-hydrogen) atoms. The highest BCUT2D eigenvalue weighted by Crippen LogP contribution is 2.27. The number of aryl methyl sites for hydroxylation is 3. The van der Waals surface area contributed by atoms with E-state index in [1.807, 2.05) is 37.3 Å². The van der Waals surface area contributed by atoms with Gasteiger partial charge in [0.1, 0.15) is 5.75 Å². The van der Waals surface area contributed by atoms with Crippen molar-refractivity contribution in [1.29, 1.82) is 0 Å². The Morgan fingerprint density at radius 2 is 1.29 bits per heavy atom. The number of rotatable bonds is 15. The summed E-state index contributed by atoms with van der Waals surface area (Å²) in [6.07, 6.45) is 6.54. The molecule has 0 aliphatic heterocycles. The number of amides is 1. The van der Waals surface area contributed by atoms with Crippen LogP contribution in [0.2, 0.25) is 0 Å². The number of benzene rings is 4. The Hall–Kier alpha value is -4.05. The van der Waals surface area contributed by atoms with Crippen LogP contribution < -0.4 is 15.0 Å². The lowest BCUT2D eigenvalue weighted by Crippen LogP contribution is -2.23. The first-order valence-electron chi connectivity index (χ1n) is 15.5. The van der Waals surface area contributed by atoms with Gasteiger partial charge in [-0.1, -0.05) is 101 Å². The first-order chi connectivity index (χ1) is 20.5. The molecule has 4 rings (SSSR count). The Morgan fingerprint density at radius 3 is 1.83 bits per heavy atom. The van der Waals surface area contributed by atoms with Crippen LogP contribution in [0, 0.1) is 6.92 Å². The highest BCUT2D eigenvalue weighted by atomic mass is 16.5. The monoisotopic (exact) mass is 562 g/mol. The van der Waals surface area contributed by atoms with Crippen LogP contribution in [-0.2, 0) is 25.9 Å². The molecule has 0 aliphatic carbocycles. The average molecular weight is 563 g/mol. The number of anilines is 2. The van der Waals surface area contributed by atoms with Gasteiger partial charge in [-0.05, 0) is 84.3 Å². The average Bonchev–Trinajstić information content (AvgIpc) is 3.00. The summed E-state index contributed by atoms with van der Waals surface area (Å²) >= 11 is 0. The van der Waals surface area contributed by atoms with Crippen LogP contribution in [0.15, 0.2) is 91.0 Å².